The maximum absolute atomic E-state index is 13.2. The van der Waals surface area contributed by atoms with Crippen molar-refractivity contribution < 1.29 is 39.9 Å². The first-order chi connectivity index (χ1) is 9.84. The van der Waals surface area contributed by atoms with Crippen molar-refractivity contribution in [3.8, 4) is 0 Å². The summed E-state index contributed by atoms with van der Waals surface area (Å²) in [5.74, 6) is -21.8. The lowest BCUT2D eigenvalue weighted by atomic mass is 10.0. The second kappa shape index (κ2) is 5.73. The molecule has 0 radical (unpaired) electrons. The Labute approximate surface area is 119 Å². The Morgan fingerprint density at radius 1 is 1.00 bits per heavy atom. The van der Waals surface area contributed by atoms with Gasteiger partial charge in [0.1, 0.15) is 0 Å². The van der Waals surface area contributed by atoms with Crippen LogP contribution in [0, 0.1) is 6.92 Å². The molecule has 0 fully saturated rings. The summed E-state index contributed by atoms with van der Waals surface area (Å²) in [6, 6.07) is 4.73. The van der Waals surface area contributed by atoms with Crippen molar-refractivity contribution in [2.75, 3.05) is 5.32 Å². The highest BCUT2D eigenvalue weighted by atomic mass is 19.4. The van der Waals surface area contributed by atoms with Gasteiger partial charge in [-0.1, -0.05) is 17.7 Å². The lowest BCUT2D eigenvalue weighted by Crippen LogP contribution is -2.61. The molecular formula is C12H9F8NO. The molecule has 0 heterocycles. The van der Waals surface area contributed by atoms with Crippen molar-refractivity contribution in [1.82, 2.24) is 0 Å². The van der Waals surface area contributed by atoms with Crippen LogP contribution in [0.4, 0.5) is 40.8 Å². The minimum atomic E-state index is -6.57. The summed E-state index contributed by atoms with van der Waals surface area (Å²) in [4.78, 5) is 11.1. The van der Waals surface area contributed by atoms with E-state index in [4.69, 9.17) is 0 Å². The molecule has 1 aromatic carbocycles. The van der Waals surface area contributed by atoms with Gasteiger partial charge in [-0.3, -0.25) is 4.79 Å². The number of carbonyl (C=O) groups is 1. The molecule has 10 heteroatoms. The lowest BCUT2D eigenvalue weighted by Gasteiger charge is -2.31. The predicted molar refractivity (Wildman–Crippen MR) is 60.7 cm³/mol. The summed E-state index contributed by atoms with van der Waals surface area (Å²) in [5, 5.41) is 1.28. The van der Waals surface area contributed by atoms with E-state index in [0.717, 1.165) is 12.1 Å². The van der Waals surface area contributed by atoms with Crippen LogP contribution < -0.4 is 5.32 Å². The molecule has 0 aliphatic heterocycles. The van der Waals surface area contributed by atoms with Crippen molar-refractivity contribution in [2.45, 2.75) is 31.1 Å². The van der Waals surface area contributed by atoms with E-state index in [1.165, 1.54) is 17.4 Å². The number of hydrogen-bond acceptors (Lipinski definition) is 1. The van der Waals surface area contributed by atoms with Crippen molar-refractivity contribution in [3.63, 3.8) is 0 Å². The van der Waals surface area contributed by atoms with Crippen molar-refractivity contribution in [2.24, 2.45) is 0 Å². The van der Waals surface area contributed by atoms with E-state index in [0.29, 0.717) is 5.56 Å². The molecule has 0 saturated carbocycles. The molecule has 1 rings (SSSR count). The van der Waals surface area contributed by atoms with Crippen LogP contribution in [0.25, 0.3) is 0 Å². The minimum Gasteiger partial charge on any atom is -0.321 e. The number of carbonyl (C=O) groups excluding carboxylic acids is 1. The summed E-state index contributed by atoms with van der Waals surface area (Å²) in [7, 11) is 0. The summed E-state index contributed by atoms with van der Waals surface area (Å²) >= 11 is 0. The average molecular weight is 335 g/mol. The Morgan fingerprint density at radius 2 is 1.45 bits per heavy atom. The van der Waals surface area contributed by atoms with Gasteiger partial charge in [0.05, 0.1) is 0 Å². The number of aryl methyl sites for hydroxylation is 1. The van der Waals surface area contributed by atoms with Gasteiger partial charge in [-0.25, -0.2) is 8.78 Å². The third kappa shape index (κ3) is 3.00. The van der Waals surface area contributed by atoms with Crippen LogP contribution >= 0.6 is 0 Å². The van der Waals surface area contributed by atoms with Gasteiger partial charge in [-0.2, -0.15) is 26.3 Å². The number of amides is 1. The summed E-state index contributed by atoms with van der Waals surface area (Å²) in [6.45, 7) is 1.59. The second-order valence-electron chi connectivity index (χ2n) is 4.39. The predicted octanol–water partition coefficient (Wildman–Crippen LogP) is 4.10. The summed E-state index contributed by atoms with van der Waals surface area (Å²) in [6.07, 6.45) is -5.07. The molecule has 1 amide bonds. The zero-order valence-electron chi connectivity index (χ0n) is 10.8. The van der Waals surface area contributed by atoms with Gasteiger partial charge in [0, 0.05) is 5.69 Å². The van der Waals surface area contributed by atoms with Crippen molar-refractivity contribution in [1.29, 1.82) is 0 Å². The molecule has 124 valence electrons. The fraction of sp³-hybridized carbons (Fsp3) is 0.417. The lowest BCUT2D eigenvalue weighted by molar-refractivity contribution is -0.326. The van der Waals surface area contributed by atoms with Gasteiger partial charge in [0.15, 0.2) is 0 Å². The van der Waals surface area contributed by atoms with Gasteiger partial charge < -0.3 is 5.32 Å². The van der Waals surface area contributed by atoms with E-state index in [9.17, 15) is 39.9 Å². The van der Waals surface area contributed by atoms with Crippen LogP contribution in [0.15, 0.2) is 24.3 Å². The van der Waals surface area contributed by atoms with E-state index >= 15 is 0 Å². The Bertz CT molecular complexity index is 541. The SMILES string of the molecule is Cc1ccc(NC(=O)C(F)(F)C(F)(F)C(F)(F)C(F)F)cc1. The number of benzene rings is 1. The maximum atomic E-state index is 13.2. The van der Waals surface area contributed by atoms with Gasteiger partial charge >= 0.3 is 30.1 Å². The minimum absolute atomic E-state index is 0.383. The van der Waals surface area contributed by atoms with E-state index in [2.05, 4.69) is 0 Å². The van der Waals surface area contributed by atoms with Crippen molar-refractivity contribution in [3.05, 3.63) is 29.8 Å². The highest BCUT2D eigenvalue weighted by molar-refractivity contribution is 5.97. The van der Waals surface area contributed by atoms with Crippen LogP contribution in [-0.4, -0.2) is 30.1 Å². The van der Waals surface area contributed by atoms with Gasteiger partial charge in [-0.15, -0.1) is 0 Å². The largest absolute Gasteiger partial charge is 0.393 e. The van der Waals surface area contributed by atoms with Gasteiger partial charge in [-0.05, 0) is 19.1 Å². The first-order valence-corrected chi connectivity index (χ1v) is 5.63. The van der Waals surface area contributed by atoms with Crippen LogP contribution in [0.2, 0.25) is 0 Å². The zero-order chi connectivity index (χ0) is 17.3. The summed E-state index contributed by atoms with van der Waals surface area (Å²) < 4.78 is 101. The Kier molecular flexibility index (Phi) is 4.73. The topological polar surface area (TPSA) is 29.1 Å². The molecule has 0 unspecified atom stereocenters. The standard InChI is InChI=1S/C12H9F8NO/c1-6-2-4-7(5-3-6)21-9(22)11(17,18)12(19,20)10(15,16)8(13)14/h2-5,8H,1H3,(H,21,22). The summed E-state index contributed by atoms with van der Waals surface area (Å²) in [5.41, 5.74) is 0.255. The molecule has 0 spiro atoms. The smallest absolute Gasteiger partial charge is 0.321 e. The van der Waals surface area contributed by atoms with E-state index < -0.39 is 30.1 Å². The number of hydrogen-bond donors (Lipinski definition) is 1. The highest BCUT2D eigenvalue weighted by Crippen LogP contribution is 2.48. The number of nitrogens with one attached hydrogen (secondary N) is 1. The van der Waals surface area contributed by atoms with Crippen LogP contribution in [0.3, 0.4) is 0 Å². The van der Waals surface area contributed by atoms with Crippen LogP contribution in [0.5, 0.6) is 0 Å². The molecule has 0 saturated heterocycles. The fourth-order valence-electron chi connectivity index (χ4n) is 1.34. The molecule has 22 heavy (non-hydrogen) atoms. The van der Waals surface area contributed by atoms with Crippen LogP contribution in [0.1, 0.15) is 5.56 Å². The number of alkyl halides is 8. The molecule has 0 aliphatic carbocycles. The third-order valence-electron chi connectivity index (χ3n) is 2.68. The number of rotatable bonds is 5. The highest BCUT2D eigenvalue weighted by Gasteiger charge is 2.78. The second-order valence-corrected chi connectivity index (χ2v) is 4.39. The fourth-order valence-corrected chi connectivity index (χ4v) is 1.34. The number of halogens is 8. The molecule has 2 nitrogen and oxygen atoms in total. The first-order valence-electron chi connectivity index (χ1n) is 5.63. The molecule has 0 aromatic heterocycles. The Balaban J connectivity index is 3.06. The van der Waals surface area contributed by atoms with E-state index in [1.54, 1.807) is 6.92 Å². The Hall–Kier alpha value is -1.87. The third-order valence-corrected chi connectivity index (χ3v) is 2.68. The molecule has 0 bridgehead atoms. The average Bonchev–Trinajstić information content (AvgIpc) is 2.40. The quantitative estimate of drug-likeness (QED) is 0.807. The normalized spacial score (nSPS) is 13.4. The van der Waals surface area contributed by atoms with Gasteiger partial charge in [0.2, 0.25) is 0 Å². The monoisotopic (exact) mass is 335 g/mol. The van der Waals surface area contributed by atoms with Crippen LogP contribution in [-0.2, 0) is 4.79 Å². The van der Waals surface area contributed by atoms with E-state index in [1.807, 2.05) is 0 Å². The first kappa shape index (κ1) is 18.2. The van der Waals surface area contributed by atoms with Crippen molar-refractivity contribution >= 4 is 11.6 Å². The molecule has 1 N–H and O–H groups in total. The molecular weight excluding hydrogens is 326 g/mol. The van der Waals surface area contributed by atoms with E-state index in [-0.39, 0.29) is 5.69 Å². The number of anilines is 1. The Morgan fingerprint density at radius 3 is 1.86 bits per heavy atom. The maximum Gasteiger partial charge on any atom is 0.393 e. The molecule has 1 aromatic rings. The molecule has 0 atom stereocenters. The zero-order valence-corrected chi connectivity index (χ0v) is 10.8. The molecule has 0 aliphatic rings. The van der Waals surface area contributed by atoms with Gasteiger partial charge in [0.25, 0.3) is 0 Å².